The number of halogens is 6. The minimum absolute atomic E-state index is 0.0695. The molecule has 4 heterocycles. The summed E-state index contributed by atoms with van der Waals surface area (Å²) in [5.74, 6) is -3.88. The van der Waals surface area contributed by atoms with Gasteiger partial charge in [0.2, 0.25) is 0 Å². The maximum absolute atomic E-state index is 10.6. The number of carboxylic acids is 2. The Balaban J connectivity index is 0.000000303. The van der Waals surface area contributed by atoms with E-state index in [0.717, 1.165) is 54.4 Å². The second-order valence-electron chi connectivity index (χ2n) is 9.50. The molecule has 1 unspecified atom stereocenters. The number of ether oxygens (including phenoxy) is 2. The number of benzene rings is 1. The van der Waals surface area contributed by atoms with Crippen LogP contribution in [0.3, 0.4) is 0 Å². The van der Waals surface area contributed by atoms with Crippen molar-refractivity contribution in [2.75, 3.05) is 26.8 Å². The number of likely N-dealkylation sites (tertiary alicyclic amines) is 1. The van der Waals surface area contributed by atoms with Crippen LogP contribution < -0.4 is 4.74 Å². The first-order valence-electron chi connectivity index (χ1n) is 12.4. The van der Waals surface area contributed by atoms with Gasteiger partial charge in [0, 0.05) is 42.8 Å². The van der Waals surface area contributed by atoms with Crippen LogP contribution in [0.4, 0.5) is 26.3 Å². The van der Waals surface area contributed by atoms with Crippen molar-refractivity contribution in [3.05, 3.63) is 71.8 Å². The van der Waals surface area contributed by atoms with Gasteiger partial charge in [-0.2, -0.15) is 26.3 Å². The lowest BCUT2D eigenvalue weighted by atomic mass is 9.80. The molecule has 43 heavy (non-hydrogen) atoms. The van der Waals surface area contributed by atoms with Crippen LogP contribution in [0.15, 0.2) is 55.0 Å². The highest BCUT2D eigenvalue weighted by molar-refractivity contribution is 5.73. The van der Waals surface area contributed by atoms with Gasteiger partial charge in [-0.25, -0.2) is 19.6 Å². The van der Waals surface area contributed by atoms with E-state index >= 15 is 0 Å². The number of hydrogen-bond acceptors (Lipinski definition) is 8. The van der Waals surface area contributed by atoms with Crippen LogP contribution in [0.2, 0.25) is 0 Å². The van der Waals surface area contributed by atoms with Crippen LogP contribution in [-0.4, -0.2) is 81.2 Å². The maximum atomic E-state index is 10.6. The molecule has 2 N–H and O–H groups in total. The summed E-state index contributed by atoms with van der Waals surface area (Å²) < 4.78 is 74.7. The monoisotopic (exact) mass is 616 g/mol. The van der Waals surface area contributed by atoms with Gasteiger partial charge in [-0.15, -0.1) is 0 Å². The summed E-state index contributed by atoms with van der Waals surface area (Å²) in [5, 5.41) is 14.2. The van der Waals surface area contributed by atoms with E-state index in [4.69, 9.17) is 34.3 Å². The van der Waals surface area contributed by atoms with Crippen molar-refractivity contribution in [2.24, 2.45) is 0 Å². The molecule has 1 atom stereocenters. The lowest BCUT2D eigenvalue weighted by Gasteiger charge is -2.34. The molecule has 5 rings (SSSR count). The molecule has 3 aromatic rings. The fraction of sp³-hybridized carbons (Fsp3) is 0.370. The number of fused-ring (bicyclic) bond motifs is 2. The van der Waals surface area contributed by atoms with E-state index in [9.17, 15) is 26.3 Å². The van der Waals surface area contributed by atoms with Crippen LogP contribution in [0.5, 0.6) is 5.75 Å². The number of nitrogens with zero attached hydrogens (tertiary/aromatic N) is 4. The second kappa shape index (κ2) is 13.8. The predicted octanol–water partition coefficient (Wildman–Crippen LogP) is 4.49. The Bertz CT molecular complexity index is 1370. The van der Waals surface area contributed by atoms with Gasteiger partial charge >= 0.3 is 24.3 Å². The molecule has 232 valence electrons. The van der Waals surface area contributed by atoms with E-state index in [1.807, 2.05) is 36.7 Å². The number of methoxy groups -OCH3 is 1. The largest absolute Gasteiger partial charge is 0.497 e. The average molecular weight is 617 g/mol. The lowest BCUT2D eigenvalue weighted by Crippen LogP contribution is -2.40. The van der Waals surface area contributed by atoms with Crippen LogP contribution in [0.25, 0.3) is 11.4 Å². The van der Waals surface area contributed by atoms with E-state index in [0.29, 0.717) is 13.2 Å². The van der Waals surface area contributed by atoms with Gasteiger partial charge in [0.25, 0.3) is 0 Å². The fourth-order valence-electron chi connectivity index (χ4n) is 4.42. The van der Waals surface area contributed by atoms with Gasteiger partial charge in [0.15, 0.2) is 5.82 Å². The first kappa shape index (κ1) is 33.2. The van der Waals surface area contributed by atoms with E-state index in [1.165, 1.54) is 5.56 Å². The Kier molecular flexibility index (Phi) is 10.6. The summed E-state index contributed by atoms with van der Waals surface area (Å²) in [6, 6.07) is 12.2. The molecule has 0 saturated carbocycles. The molecule has 1 fully saturated rings. The van der Waals surface area contributed by atoms with E-state index in [2.05, 4.69) is 27.0 Å². The number of carboxylic acid groups (broad SMARTS) is 2. The standard InChI is InChI=1S/C23H24N4O2.2C2HF3O2/c1-28-20-6-4-17(5-7-20)13-27-10-8-23(15-27)16-29-14-19-12-25-22(26-21(19)23)18-3-2-9-24-11-18;2*3-2(4,5)1(6)7/h2-7,9,11-12H,8,10,13-16H2,1H3;2*(H,6,7). The van der Waals surface area contributed by atoms with Crippen molar-refractivity contribution < 1.29 is 55.6 Å². The molecular formula is C27H26F6N4O6. The normalized spacial score (nSPS) is 18.0. The van der Waals surface area contributed by atoms with Crippen LogP contribution in [0, 0.1) is 0 Å². The fourth-order valence-corrected chi connectivity index (χ4v) is 4.42. The van der Waals surface area contributed by atoms with E-state index < -0.39 is 24.3 Å². The number of alkyl halides is 6. The third kappa shape index (κ3) is 9.09. The van der Waals surface area contributed by atoms with Gasteiger partial charge < -0.3 is 19.7 Å². The molecule has 1 aromatic carbocycles. The summed E-state index contributed by atoms with van der Waals surface area (Å²) in [5.41, 5.74) is 4.42. The van der Waals surface area contributed by atoms with Gasteiger partial charge in [-0.1, -0.05) is 12.1 Å². The highest BCUT2D eigenvalue weighted by Gasteiger charge is 2.45. The zero-order valence-corrected chi connectivity index (χ0v) is 22.5. The van der Waals surface area contributed by atoms with Crippen LogP contribution in [-0.2, 0) is 32.9 Å². The summed E-state index contributed by atoms with van der Waals surface area (Å²) in [7, 11) is 1.70. The third-order valence-corrected chi connectivity index (χ3v) is 6.41. The highest BCUT2D eigenvalue weighted by atomic mass is 19.4. The Morgan fingerprint density at radius 1 is 1.02 bits per heavy atom. The molecule has 10 nitrogen and oxygen atoms in total. The minimum atomic E-state index is -5.08. The molecular weight excluding hydrogens is 590 g/mol. The molecule has 1 spiro atoms. The van der Waals surface area contributed by atoms with E-state index in [1.54, 1.807) is 13.3 Å². The Hall–Kier alpha value is -4.31. The minimum Gasteiger partial charge on any atom is -0.497 e. The summed E-state index contributed by atoms with van der Waals surface area (Å²) in [6.45, 7) is 4.18. The van der Waals surface area contributed by atoms with Crippen molar-refractivity contribution >= 4 is 11.9 Å². The molecule has 1 saturated heterocycles. The highest BCUT2D eigenvalue weighted by Crippen LogP contribution is 2.40. The van der Waals surface area contributed by atoms with Crippen molar-refractivity contribution in [1.82, 2.24) is 19.9 Å². The molecule has 0 radical (unpaired) electrons. The van der Waals surface area contributed by atoms with Crippen molar-refractivity contribution in [2.45, 2.75) is 37.3 Å². The summed E-state index contributed by atoms with van der Waals surface area (Å²) in [4.78, 5) is 34.1. The SMILES string of the molecule is COc1ccc(CN2CCC3(COCc4cnc(-c5cccnc5)nc43)C2)cc1.O=C(O)C(F)(F)F.O=C(O)C(F)(F)F. The van der Waals surface area contributed by atoms with Crippen molar-refractivity contribution in [1.29, 1.82) is 0 Å². The van der Waals surface area contributed by atoms with Crippen LogP contribution >= 0.6 is 0 Å². The molecule has 16 heteroatoms. The zero-order chi connectivity index (χ0) is 31.8. The lowest BCUT2D eigenvalue weighted by molar-refractivity contribution is -0.193. The Morgan fingerprint density at radius 3 is 2.19 bits per heavy atom. The van der Waals surface area contributed by atoms with Crippen molar-refractivity contribution in [3.63, 3.8) is 0 Å². The van der Waals surface area contributed by atoms with E-state index in [-0.39, 0.29) is 5.41 Å². The molecule has 2 aliphatic heterocycles. The topological polar surface area (TPSA) is 135 Å². The molecule has 2 aliphatic rings. The number of aromatic nitrogens is 3. The van der Waals surface area contributed by atoms with Crippen molar-refractivity contribution in [3.8, 4) is 17.1 Å². The molecule has 0 aliphatic carbocycles. The summed E-state index contributed by atoms with van der Waals surface area (Å²) in [6.07, 6.45) is -3.61. The number of pyridine rings is 1. The third-order valence-electron chi connectivity index (χ3n) is 6.41. The average Bonchev–Trinajstić information content (AvgIpc) is 3.36. The zero-order valence-electron chi connectivity index (χ0n) is 22.5. The van der Waals surface area contributed by atoms with Crippen LogP contribution in [0.1, 0.15) is 23.2 Å². The smallest absolute Gasteiger partial charge is 0.490 e. The molecule has 0 amide bonds. The molecule has 0 bridgehead atoms. The first-order valence-corrected chi connectivity index (χ1v) is 12.4. The van der Waals surface area contributed by atoms with Gasteiger partial charge in [0.1, 0.15) is 5.75 Å². The predicted molar refractivity (Wildman–Crippen MR) is 137 cm³/mol. The number of aliphatic carboxylic acids is 2. The Morgan fingerprint density at radius 2 is 1.65 bits per heavy atom. The van der Waals surface area contributed by atoms with Gasteiger partial charge in [-0.3, -0.25) is 9.88 Å². The number of hydrogen-bond donors (Lipinski definition) is 2. The number of rotatable bonds is 4. The Labute approximate surface area is 240 Å². The molecule has 2 aromatic heterocycles. The number of carbonyl (C=O) groups is 2. The van der Waals surface area contributed by atoms with Gasteiger partial charge in [0.05, 0.1) is 31.4 Å². The second-order valence-corrected chi connectivity index (χ2v) is 9.50. The maximum Gasteiger partial charge on any atom is 0.490 e. The summed E-state index contributed by atoms with van der Waals surface area (Å²) >= 11 is 0. The quantitative estimate of drug-likeness (QED) is 0.404. The van der Waals surface area contributed by atoms with Gasteiger partial charge in [-0.05, 0) is 42.8 Å². The first-order chi connectivity index (χ1) is 20.1.